The molecule has 0 spiro atoms. The molecule has 0 bridgehead atoms. The number of H-pyrrole nitrogens is 1. The van der Waals surface area contributed by atoms with E-state index >= 15 is 0 Å². The van der Waals surface area contributed by atoms with Gasteiger partial charge in [0.25, 0.3) is 0 Å². The molecule has 1 aromatic heterocycles. The standard InChI is InChI=1S/C21H23NO/c1-11(2)14-6-7-19-16(9-14)18-10-15-13(4)21(23-5)12(3)8-17(15)20(18)22-19/h6-9,11,22H,10H2,1-5H3. The summed E-state index contributed by atoms with van der Waals surface area (Å²) in [5.41, 5.74) is 10.6. The van der Waals surface area contributed by atoms with Crippen molar-refractivity contribution in [3.05, 3.63) is 52.1 Å². The lowest BCUT2D eigenvalue weighted by Gasteiger charge is -2.13. The molecule has 0 aliphatic heterocycles. The van der Waals surface area contributed by atoms with Gasteiger partial charge in [-0.1, -0.05) is 19.9 Å². The summed E-state index contributed by atoms with van der Waals surface area (Å²) < 4.78 is 5.60. The number of rotatable bonds is 2. The molecular weight excluding hydrogens is 282 g/mol. The van der Waals surface area contributed by atoms with Gasteiger partial charge in [0.1, 0.15) is 5.75 Å². The monoisotopic (exact) mass is 305 g/mol. The van der Waals surface area contributed by atoms with E-state index in [-0.39, 0.29) is 0 Å². The number of aromatic nitrogens is 1. The molecule has 0 radical (unpaired) electrons. The van der Waals surface area contributed by atoms with Crippen LogP contribution in [-0.4, -0.2) is 12.1 Å². The van der Waals surface area contributed by atoms with Gasteiger partial charge in [-0.15, -0.1) is 0 Å². The van der Waals surface area contributed by atoms with Crippen LogP contribution in [-0.2, 0) is 6.42 Å². The fraction of sp³-hybridized carbons (Fsp3) is 0.333. The lowest BCUT2D eigenvalue weighted by Crippen LogP contribution is -1.96. The first-order chi connectivity index (χ1) is 11.0. The number of ether oxygens (including phenoxy) is 1. The molecule has 4 rings (SSSR count). The van der Waals surface area contributed by atoms with E-state index in [0.29, 0.717) is 5.92 Å². The second-order valence-electron chi connectivity index (χ2n) is 6.99. The third kappa shape index (κ3) is 1.94. The summed E-state index contributed by atoms with van der Waals surface area (Å²) in [6.45, 7) is 8.81. The maximum atomic E-state index is 5.60. The van der Waals surface area contributed by atoms with E-state index in [1.54, 1.807) is 7.11 Å². The SMILES string of the molecule is COc1c(C)cc2c(c1C)Cc1c-2[nH]c2ccc(C(C)C)cc12. The van der Waals surface area contributed by atoms with Gasteiger partial charge in [0.2, 0.25) is 0 Å². The molecular formula is C21H23NO. The largest absolute Gasteiger partial charge is 0.496 e. The zero-order valence-corrected chi connectivity index (χ0v) is 14.5. The van der Waals surface area contributed by atoms with Crippen molar-refractivity contribution >= 4 is 10.9 Å². The summed E-state index contributed by atoms with van der Waals surface area (Å²) in [6, 6.07) is 9.10. The third-order valence-corrected chi connectivity index (χ3v) is 5.26. The minimum atomic E-state index is 0.554. The number of aromatic amines is 1. The molecule has 0 saturated heterocycles. The van der Waals surface area contributed by atoms with Crippen LogP contribution in [0.3, 0.4) is 0 Å². The minimum Gasteiger partial charge on any atom is -0.496 e. The smallest absolute Gasteiger partial charge is 0.124 e. The van der Waals surface area contributed by atoms with E-state index < -0.39 is 0 Å². The third-order valence-electron chi connectivity index (χ3n) is 5.26. The average molecular weight is 305 g/mol. The van der Waals surface area contributed by atoms with Crippen LogP contribution in [0.1, 0.15) is 47.6 Å². The molecule has 1 aliphatic carbocycles. The van der Waals surface area contributed by atoms with Crippen molar-refractivity contribution in [2.75, 3.05) is 7.11 Å². The molecule has 23 heavy (non-hydrogen) atoms. The predicted molar refractivity (Wildman–Crippen MR) is 96.7 cm³/mol. The number of benzene rings is 2. The molecule has 0 saturated carbocycles. The van der Waals surface area contributed by atoms with Crippen LogP contribution in [0.15, 0.2) is 24.3 Å². The van der Waals surface area contributed by atoms with Crippen molar-refractivity contribution in [3.63, 3.8) is 0 Å². The predicted octanol–water partition coefficient (Wildman–Crippen LogP) is 5.49. The number of hydrogen-bond donors (Lipinski definition) is 1. The lowest BCUT2D eigenvalue weighted by molar-refractivity contribution is 0.408. The summed E-state index contributed by atoms with van der Waals surface area (Å²) in [6.07, 6.45) is 0.995. The summed E-state index contributed by atoms with van der Waals surface area (Å²) in [4.78, 5) is 3.65. The average Bonchev–Trinajstić information content (AvgIpc) is 3.04. The van der Waals surface area contributed by atoms with Crippen molar-refractivity contribution in [1.29, 1.82) is 0 Å². The Morgan fingerprint density at radius 2 is 1.87 bits per heavy atom. The van der Waals surface area contributed by atoms with Gasteiger partial charge >= 0.3 is 0 Å². The molecule has 2 nitrogen and oxygen atoms in total. The Morgan fingerprint density at radius 1 is 1.09 bits per heavy atom. The molecule has 0 fully saturated rings. The van der Waals surface area contributed by atoms with E-state index in [1.165, 1.54) is 50.0 Å². The molecule has 0 amide bonds. The number of fused-ring (bicyclic) bond motifs is 5. The first-order valence-electron chi connectivity index (χ1n) is 8.33. The first-order valence-corrected chi connectivity index (χ1v) is 8.33. The van der Waals surface area contributed by atoms with E-state index in [2.05, 4.69) is 56.9 Å². The van der Waals surface area contributed by atoms with Gasteiger partial charge in [-0.2, -0.15) is 0 Å². The number of hydrogen-bond acceptors (Lipinski definition) is 1. The van der Waals surface area contributed by atoms with Crippen LogP contribution < -0.4 is 4.74 Å². The summed E-state index contributed by atoms with van der Waals surface area (Å²) in [5.74, 6) is 1.58. The highest BCUT2D eigenvalue weighted by Gasteiger charge is 2.27. The molecule has 1 aliphatic rings. The van der Waals surface area contributed by atoms with Gasteiger partial charge in [0, 0.05) is 22.9 Å². The lowest BCUT2D eigenvalue weighted by atomic mass is 9.97. The normalized spacial score (nSPS) is 12.8. The van der Waals surface area contributed by atoms with Crippen molar-refractivity contribution < 1.29 is 4.74 Å². The molecule has 1 heterocycles. The summed E-state index contributed by atoms with van der Waals surface area (Å²) in [7, 11) is 1.76. The van der Waals surface area contributed by atoms with Gasteiger partial charge < -0.3 is 9.72 Å². The van der Waals surface area contributed by atoms with Gasteiger partial charge in [-0.05, 0) is 65.8 Å². The van der Waals surface area contributed by atoms with E-state index in [9.17, 15) is 0 Å². The number of methoxy groups -OCH3 is 1. The Labute approximate surface area is 137 Å². The van der Waals surface area contributed by atoms with Crippen molar-refractivity contribution in [2.24, 2.45) is 0 Å². The highest BCUT2D eigenvalue weighted by molar-refractivity contribution is 5.95. The van der Waals surface area contributed by atoms with Crippen LogP contribution in [0.5, 0.6) is 5.75 Å². The molecule has 1 N–H and O–H groups in total. The Kier molecular flexibility index (Phi) is 3.06. The summed E-state index contributed by atoms with van der Waals surface area (Å²) >= 11 is 0. The number of nitrogens with one attached hydrogen (secondary N) is 1. The van der Waals surface area contributed by atoms with Crippen molar-refractivity contribution in [2.45, 2.75) is 40.0 Å². The zero-order chi connectivity index (χ0) is 16.3. The molecule has 0 unspecified atom stereocenters. The van der Waals surface area contributed by atoms with Crippen LogP contribution in [0.4, 0.5) is 0 Å². The molecule has 2 aromatic carbocycles. The van der Waals surface area contributed by atoms with Gasteiger partial charge in [-0.25, -0.2) is 0 Å². The molecule has 118 valence electrons. The maximum Gasteiger partial charge on any atom is 0.124 e. The second kappa shape index (κ2) is 4.89. The Balaban J connectivity index is 1.96. The van der Waals surface area contributed by atoms with Crippen LogP contribution in [0.2, 0.25) is 0 Å². The fourth-order valence-corrected chi connectivity index (χ4v) is 3.98. The Morgan fingerprint density at radius 3 is 2.57 bits per heavy atom. The number of aryl methyl sites for hydroxylation is 1. The quantitative estimate of drug-likeness (QED) is 0.520. The van der Waals surface area contributed by atoms with Gasteiger partial charge in [0.15, 0.2) is 0 Å². The first kappa shape index (κ1) is 14.4. The van der Waals surface area contributed by atoms with Gasteiger partial charge in [0.05, 0.1) is 12.8 Å². The van der Waals surface area contributed by atoms with Crippen molar-refractivity contribution in [1.82, 2.24) is 4.98 Å². The summed E-state index contributed by atoms with van der Waals surface area (Å²) in [5, 5.41) is 1.37. The molecule has 2 heteroatoms. The second-order valence-corrected chi connectivity index (χ2v) is 6.99. The highest BCUT2D eigenvalue weighted by Crippen LogP contribution is 2.45. The van der Waals surface area contributed by atoms with Crippen LogP contribution in [0, 0.1) is 13.8 Å². The maximum absolute atomic E-state index is 5.60. The van der Waals surface area contributed by atoms with Crippen LogP contribution >= 0.6 is 0 Å². The zero-order valence-electron chi connectivity index (χ0n) is 14.5. The topological polar surface area (TPSA) is 25.0 Å². The van der Waals surface area contributed by atoms with E-state index in [1.807, 2.05) is 0 Å². The molecule has 0 atom stereocenters. The highest BCUT2D eigenvalue weighted by atomic mass is 16.5. The molecule has 3 aromatic rings. The van der Waals surface area contributed by atoms with Crippen LogP contribution in [0.25, 0.3) is 22.2 Å². The Bertz CT molecular complexity index is 931. The van der Waals surface area contributed by atoms with E-state index in [4.69, 9.17) is 4.74 Å². The fourth-order valence-electron chi connectivity index (χ4n) is 3.98. The minimum absolute atomic E-state index is 0.554. The van der Waals surface area contributed by atoms with Gasteiger partial charge in [-0.3, -0.25) is 0 Å². The van der Waals surface area contributed by atoms with E-state index in [0.717, 1.165) is 12.2 Å². The Hall–Kier alpha value is -2.22. The van der Waals surface area contributed by atoms with Crippen molar-refractivity contribution in [3.8, 4) is 17.0 Å².